The lowest BCUT2D eigenvalue weighted by Gasteiger charge is -2.46. The van der Waals surface area contributed by atoms with E-state index < -0.39 is 0 Å². The third kappa shape index (κ3) is 4.50. The molecule has 0 radical (unpaired) electrons. The van der Waals surface area contributed by atoms with Crippen molar-refractivity contribution in [2.75, 3.05) is 26.7 Å². The number of piperidine rings is 2. The monoisotopic (exact) mass is 403 g/mol. The summed E-state index contributed by atoms with van der Waals surface area (Å²) in [6.45, 7) is 3.17. The third-order valence-electron chi connectivity index (χ3n) is 6.36. The molecule has 2 fully saturated rings. The first-order valence-electron chi connectivity index (χ1n) is 10.3. The van der Waals surface area contributed by atoms with Gasteiger partial charge < -0.3 is 15.4 Å². The number of amidine groups is 2. The standard InChI is InChI=1S/C21H30ClN5O/c1-28-19-8-11-27(18(13-19)12-15-2-4-16(22)5-3-15)17-6-9-26(10-7-17)21-14-20(23)24-25-21/h2-5,17-19H,6-14H2,1H3,(H2,23,24)/t18-,19+/m0/s1. The number of ether oxygens (including phenoxy) is 1. The van der Waals surface area contributed by atoms with Crippen LogP contribution in [0.25, 0.3) is 0 Å². The summed E-state index contributed by atoms with van der Waals surface area (Å²) in [6, 6.07) is 9.43. The zero-order valence-corrected chi connectivity index (χ0v) is 17.3. The lowest BCUT2D eigenvalue weighted by molar-refractivity contribution is -0.0159. The first-order valence-corrected chi connectivity index (χ1v) is 10.7. The smallest absolute Gasteiger partial charge is 0.135 e. The number of rotatable bonds is 4. The number of likely N-dealkylation sites (tertiary alicyclic amines) is 2. The van der Waals surface area contributed by atoms with Gasteiger partial charge in [0, 0.05) is 43.9 Å². The topological polar surface area (TPSA) is 66.5 Å². The quantitative estimate of drug-likeness (QED) is 0.839. The Kier molecular flexibility index (Phi) is 6.19. The van der Waals surface area contributed by atoms with E-state index in [1.165, 1.54) is 5.56 Å². The van der Waals surface area contributed by atoms with E-state index in [2.05, 4.69) is 32.1 Å². The molecule has 1 aromatic rings. The first kappa shape index (κ1) is 19.7. The molecule has 0 bridgehead atoms. The maximum Gasteiger partial charge on any atom is 0.135 e. The second-order valence-corrected chi connectivity index (χ2v) is 8.54. The molecule has 6 nitrogen and oxygen atoms in total. The minimum absolute atomic E-state index is 0.363. The molecule has 3 aliphatic heterocycles. The molecule has 2 atom stereocenters. The van der Waals surface area contributed by atoms with Gasteiger partial charge in [-0.1, -0.05) is 23.7 Å². The van der Waals surface area contributed by atoms with E-state index in [-0.39, 0.29) is 0 Å². The summed E-state index contributed by atoms with van der Waals surface area (Å²) >= 11 is 6.07. The Bertz CT molecular complexity index is 727. The minimum Gasteiger partial charge on any atom is -0.385 e. The summed E-state index contributed by atoms with van der Waals surface area (Å²) < 4.78 is 5.71. The van der Waals surface area contributed by atoms with Gasteiger partial charge in [0.2, 0.25) is 0 Å². The molecule has 152 valence electrons. The molecule has 28 heavy (non-hydrogen) atoms. The fourth-order valence-electron chi connectivity index (χ4n) is 4.81. The van der Waals surface area contributed by atoms with Crippen LogP contribution in [-0.4, -0.2) is 66.4 Å². The number of methoxy groups -OCH3 is 1. The predicted octanol–water partition coefficient (Wildman–Crippen LogP) is 2.90. The molecule has 3 heterocycles. The summed E-state index contributed by atoms with van der Waals surface area (Å²) in [5, 5.41) is 9.03. The fourth-order valence-corrected chi connectivity index (χ4v) is 4.93. The molecule has 0 amide bonds. The van der Waals surface area contributed by atoms with Crippen LogP contribution in [0.1, 0.15) is 37.7 Å². The highest BCUT2D eigenvalue weighted by molar-refractivity contribution is 6.30. The highest BCUT2D eigenvalue weighted by Crippen LogP contribution is 2.29. The average molecular weight is 404 g/mol. The lowest BCUT2D eigenvalue weighted by Crippen LogP contribution is -2.54. The Labute approximate surface area is 172 Å². The van der Waals surface area contributed by atoms with E-state index in [0.29, 0.717) is 30.4 Å². The van der Waals surface area contributed by atoms with Gasteiger partial charge >= 0.3 is 0 Å². The molecule has 0 aromatic heterocycles. The summed E-state index contributed by atoms with van der Waals surface area (Å²) in [6.07, 6.45) is 6.64. The third-order valence-corrected chi connectivity index (χ3v) is 6.61. The summed E-state index contributed by atoms with van der Waals surface area (Å²) in [7, 11) is 1.84. The van der Waals surface area contributed by atoms with E-state index in [4.69, 9.17) is 22.1 Å². The van der Waals surface area contributed by atoms with Gasteiger partial charge in [-0.2, -0.15) is 0 Å². The van der Waals surface area contributed by atoms with Crippen molar-refractivity contribution in [1.29, 1.82) is 0 Å². The van der Waals surface area contributed by atoms with E-state index in [1.807, 2.05) is 19.2 Å². The second-order valence-electron chi connectivity index (χ2n) is 8.11. The highest BCUT2D eigenvalue weighted by Gasteiger charge is 2.35. The number of nitrogens with two attached hydrogens (primary N) is 1. The average Bonchev–Trinajstić information content (AvgIpc) is 3.16. The number of benzene rings is 1. The van der Waals surface area contributed by atoms with E-state index in [9.17, 15) is 0 Å². The summed E-state index contributed by atoms with van der Waals surface area (Å²) in [4.78, 5) is 5.10. The van der Waals surface area contributed by atoms with Gasteiger partial charge in [0.15, 0.2) is 0 Å². The Hall–Kier alpha value is -1.63. The molecule has 2 saturated heterocycles. The van der Waals surface area contributed by atoms with E-state index in [1.54, 1.807) is 0 Å². The van der Waals surface area contributed by atoms with Crippen molar-refractivity contribution in [3.8, 4) is 0 Å². The van der Waals surface area contributed by atoms with Crippen molar-refractivity contribution >= 4 is 23.3 Å². The highest BCUT2D eigenvalue weighted by atomic mass is 35.5. The van der Waals surface area contributed by atoms with Crippen LogP contribution >= 0.6 is 11.6 Å². The Morgan fingerprint density at radius 1 is 1.11 bits per heavy atom. The van der Waals surface area contributed by atoms with Crippen LogP contribution in [0.15, 0.2) is 34.5 Å². The van der Waals surface area contributed by atoms with Crippen LogP contribution in [0, 0.1) is 0 Å². The Morgan fingerprint density at radius 2 is 1.86 bits per heavy atom. The van der Waals surface area contributed by atoms with Gasteiger partial charge in [0.25, 0.3) is 0 Å². The second kappa shape index (κ2) is 8.80. The molecule has 7 heteroatoms. The van der Waals surface area contributed by atoms with Crippen molar-refractivity contribution in [2.24, 2.45) is 15.9 Å². The van der Waals surface area contributed by atoms with Crippen LogP contribution in [0.5, 0.6) is 0 Å². The zero-order chi connectivity index (χ0) is 19.5. The van der Waals surface area contributed by atoms with Crippen LogP contribution in [0.4, 0.5) is 0 Å². The van der Waals surface area contributed by atoms with Gasteiger partial charge in [0.1, 0.15) is 11.7 Å². The van der Waals surface area contributed by atoms with Crippen LogP contribution in [-0.2, 0) is 11.2 Å². The number of hydrogen-bond donors (Lipinski definition) is 1. The lowest BCUT2D eigenvalue weighted by atomic mass is 9.90. The van der Waals surface area contributed by atoms with Gasteiger partial charge in [0.05, 0.1) is 12.5 Å². The van der Waals surface area contributed by atoms with Crippen molar-refractivity contribution in [3.63, 3.8) is 0 Å². The normalized spacial score (nSPS) is 27.0. The predicted molar refractivity (Wildman–Crippen MR) is 114 cm³/mol. The van der Waals surface area contributed by atoms with Crippen molar-refractivity contribution < 1.29 is 4.74 Å². The molecule has 0 saturated carbocycles. The SMILES string of the molecule is CO[C@@H]1CCN(C2CCN(C3=NN=C(N)C3)CC2)[C@@H](Cc2ccc(Cl)cc2)C1. The van der Waals surface area contributed by atoms with Gasteiger partial charge in [-0.15, -0.1) is 10.2 Å². The fraction of sp³-hybridized carbons (Fsp3) is 0.619. The van der Waals surface area contributed by atoms with E-state index >= 15 is 0 Å². The first-order chi connectivity index (χ1) is 13.6. The number of nitrogens with zero attached hydrogens (tertiary/aromatic N) is 4. The Morgan fingerprint density at radius 3 is 2.50 bits per heavy atom. The molecule has 2 N–H and O–H groups in total. The van der Waals surface area contributed by atoms with Crippen LogP contribution in [0.2, 0.25) is 5.02 Å². The van der Waals surface area contributed by atoms with Crippen LogP contribution < -0.4 is 5.73 Å². The number of hydrogen-bond acceptors (Lipinski definition) is 6. The molecular weight excluding hydrogens is 374 g/mol. The molecule has 4 rings (SSSR count). The molecule has 3 aliphatic rings. The van der Waals surface area contributed by atoms with Gasteiger partial charge in [-0.3, -0.25) is 4.90 Å². The molecule has 0 spiro atoms. The largest absolute Gasteiger partial charge is 0.385 e. The van der Waals surface area contributed by atoms with Gasteiger partial charge in [-0.05, 0) is 49.8 Å². The maximum atomic E-state index is 6.07. The summed E-state index contributed by atoms with van der Waals surface area (Å²) in [5.41, 5.74) is 7.13. The zero-order valence-electron chi connectivity index (χ0n) is 16.6. The van der Waals surface area contributed by atoms with Crippen LogP contribution in [0.3, 0.4) is 0 Å². The molecule has 1 aromatic carbocycles. The Balaban J connectivity index is 1.39. The molecule has 0 unspecified atom stereocenters. The van der Waals surface area contributed by atoms with Crippen molar-refractivity contribution in [1.82, 2.24) is 9.80 Å². The minimum atomic E-state index is 0.363. The van der Waals surface area contributed by atoms with Crippen molar-refractivity contribution in [3.05, 3.63) is 34.9 Å². The maximum absolute atomic E-state index is 6.07. The van der Waals surface area contributed by atoms with Gasteiger partial charge in [-0.25, -0.2) is 0 Å². The summed E-state index contributed by atoms with van der Waals surface area (Å²) in [5.74, 6) is 1.66. The van der Waals surface area contributed by atoms with E-state index in [0.717, 1.165) is 62.6 Å². The number of halogens is 1. The van der Waals surface area contributed by atoms with Crippen molar-refractivity contribution in [2.45, 2.75) is 56.7 Å². The molecular formula is C21H30ClN5O. The molecule has 0 aliphatic carbocycles.